The maximum absolute atomic E-state index is 13.8. The van der Waals surface area contributed by atoms with E-state index in [0.29, 0.717) is 23.4 Å². The minimum absolute atomic E-state index is 0.0183. The Morgan fingerprint density at radius 2 is 1.67 bits per heavy atom. The zero-order valence-corrected chi connectivity index (χ0v) is 19.9. The molecule has 3 aromatic rings. The highest BCUT2D eigenvalue weighted by Crippen LogP contribution is 2.38. The summed E-state index contributed by atoms with van der Waals surface area (Å²) in [6.07, 6.45) is 4.24. The van der Waals surface area contributed by atoms with Gasteiger partial charge in [0.1, 0.15) is 11.6 Å². The van der Waals surface area contributed by atoms with Gasteiger partial charge in [0.25, 0.3) is 0 Å². The Morgan fingerprint density at radius 3 is 2.18 bits per heavy atom. The van der Waals surface area contributed by atoms with Crippen molar-refractivity contribution < 1.29 is 18.7 Å². The van der Waals surface area contributed by atoms with Crippen LogP contribution < -0.4 is 4.90 Å². The van der Waals surface area contributed by atoms with Gasteiger partial charge in [-0.3, -0.25) is 4.79 Å². The summed E-state index contributed by atoms with van der Waals surface area (Å²) >= 11 is 13.6. The zero-order valence-electron chi connectivity index (χ0n) is 17.6. The molecule has 33 heavy (non-hydrogen) atoms. The Labute approximate surface area is 204 Å². The maximum atomic E-state index is 13.8. The Balaban J connectivity index is 1.75. The van der Waals surface area contributed by atoms with E-state index >= 15 is 0 Å². The normalized spacial score (nSPS) is 14.2. The van der Waals surface area contributed by atoms with Gasteiger partial charge in [0.05, 0.1) is 28.1 Å². The van der Waals surface area contributed by atoms with Gasteiger partial charge in [-0.05, 0) is 48.2 Å². The average Bonchev–Trinajstić information content (AvgIpc) is 3.47. The first kappa shape index (κ1) is 23.9. The molecule has 1 aliphatic carbocycles. The van der Waals surface area contributed by atoms with Crippen molar-refractivity contribution in [3.05, 3.63) is 80.3 Å². The second-order valence-corrected chi connectivity index (χ2v) is 9.76. The molecule has 0 unspecified atom stereocenters. The van der Waals surface area contributed by atoms with E-state index in [9.17, 15) is 18.7 Å². The van der Waals surface area contributed by atoms with Gasteiger partial charge in [0, 0.05) is 18.0 Å². The molecule has 1 heterocycles. The Hall–Kier alpha value is -2.22. The van der Waals surface area contributed by atoms with E-state index in [4.69, 9.17) is 28.2 Å². The number of hydrogen-bond acceptors (Lipinski definition) is 4. The standard InChI is InChI=1S/C24H22Cl2F2N2O2S/c25-17-11-14(5-7-19(17)27)23(15-6-8-20(28)18(26)12-15)21-13-33-24(29-21)30(10-9-22(31)32)16-3-1-2-4-16/h5-8,11-13,16,23H,1-4,9-10H2,(H,31,32). The fraction of sp³-hybridized carbons (Fsp3) is 0.333. The number of carboxylic acids is 1. The van der Waals surface area contributed by atoms with Crippen LogP contribution >= 0.6 is 34.5 Å². The summed E-state index contributed by atoms with van der Waals surface area (Å²) < 4.78 is 27.7. The van der Waals surface area contributed by atoms with Crippen LogP contribution in [0.3, 0.4) is 0 Å². The smallest absolute Gasteiger partial charge is 0.305 e. The molecule has 4 nitrogen and oxygen atoms in total. The Bertz CT molecular complexity index is 1100. The third-order valence-electron chi connectivity index (χ3n) is 5.94. The summed E-state index contributed by atoms with van der Waals surface area (Å²) in [5, 5.41) is 11.8. The molecule has 0 aliphatic heterocycles. The first-order chi connectivity index (χ1) is 15.8. The first-order valence-corrected chi connectivity index (χ1v) is 12.3. The van der Waals surface area contributed by atoms with E-state index in [0.717, 1.165) is 30.8 Å². The van der Waals surface area contributed by atoms with E-state index in [1.165, 1.54) is 35.6 Å². The van der Waals surface area contributed by atoms with Crippen molar-refractivity contribution in [2.75, 3.05) is 11.4 Å². The zero-order chi connectivity index (χ0) is 23.5. The molecule has 0 saturated heterocycles. The molecule has 1 aromatic heterocycles. The number of carboxylic acid groups (broad SMARTS) is 1. The maximum Gasteiger partial charge on any atom is 0.305 e. The highest BCUT2D eigenvalue weighted by molar-refractivity contribution is 7.13. The highest BCUT2D eigenvalue weighted by Gasteiger charge is 2.28. The molecule has 9 heteroatoms. The van der Waals surface area contributed by atoms with E-state index in [2.05, 4.69) is 4.90 Å². The molecule has 0 amide bonds. The van der Waals surface area contributed by atoms with Gasteiger partial charge in [-0.15, -0.1) is 11.3 Å². The Kier molecular flexibility index (Phi) is 7.51. The van der Waals surface area contributed by atoms with Gasteiger partial charge in [-0.25, -0.2) is 13.8 Å². The van der Waals surface area contributed by atoms with Crippen molar-refractivity contribution in [1.29, 1.82) is 0 Å². The quantitative estimate of drug-likeness (QED) is 0.350. The van der Waals surface area contributed by atoms with Crippen molar-refractivity contribution >= 4 is 45.6 Å². The third kappa shape index (κ3) is 5.48. The molecule has 174 valence electrons. The number of rotatable bonds is 8. The molecule has 1 saturated carbocycles. The number of thiazole rings is 1. The fourth-order valence-corrected chi connectivity index (χ4v) is 5.65. The molecule has 1 aliphatic rings. The first-order valence-electron chi connectivity index (χ1n) is 10.7. The molecule has 0 spiro atoms. The molecule has 0 atom stereocenters. The number of nitrogens with zero attached hydrogens (tertiary/aromatic N) is 2. The lowest BCUT2D eigenvalue weighted by molar-refractivity contribution is -0.136. The number of anilines is 1. The van der Waals surface area contributed by atoms with E-state index in [-0.39, 0.29) is 22.5 Å². The summed E-state index contributed by atoms with van der Waals surface area (Å²) in [4.78, 5) is 18.2. The molecule has 1 fully saturated rings. The summed E-state index contributed by atoms with van der Waals surface area (Å²) in [6, 6.07) is 9.17. The van der Waals surface area contributed by atoms with Crippen molar-refractivity contribution in [1.82, 2.24) is 4.98 Å². The number of hydrogen-bond donors (Lipinski definition) is 1. The van der Waals surface area contributed by atoms with E-state index in [1.54, 1.807) is 12.1 Å². The van der Waals surface area contributed by atoms with Crippen LogP contribution in [-0.4, -0.2) is 28.6 Å². The monoisotopic (exact) mass is 510 g/mol. The van der Waals surface area contributed by atoms with Crippen molar-refractivity contribution in [3.8, 4) is 0 Å². The van der Waals surface area contributed by atoms with E-state index in [1.807, 2.05) is 5.38 Å². The van der Waals surface area contributed by atoms with Crippen LogP contribution in [0.1, 0.15) is 54.8 Å². The van der Waals surface area contributed by atoms with Crippen LogP contribution in [0.4, 0.5) is 13.9 Å². The molecular formula is C24H22Cl2F2N2O2S. The summed E-state index contributed by atoms with van der Waals surface area (Å²) in [5.74, 6) is -2.36. The number of benzene rings is 2. The molecule has 0 radical (unpaired) electrons. The lowest BCUT2D eigenvalue weighted by atomic mass is 9.89. The van der Waals surface area contributed by atoms with Gasteiger partial charge in [0.2, 0.25) is 0 Å². The SMILES string of the molecule is O=C(O)CCN(c1nc(C(c2ccc(F)c(Cl)c2)c2ccc(F)c(Cl)c2)cs1)C1CCCC1. The highest BCUT2D eigenvalue weighted by atomic mass is 35.5. The summed E-state index contributed by atoms with van der Waals surface area (Å²) in [5.41, 5.74) is 2.07. The van der Waals surface area contributed by atoms with Gasteiger partial charge >= 0.3 is 5.97 Å². The molecule has 0 bridgehead atoms. The minimum atomic E-state index is -0.852. The largest absolute Gasteiger partial charge is 0.481 e. The van der Waals surface area contributed by atoms with Crippen molar-refractivity contribution in [2.24, 2.45) is 0 Å². The van der Waals surface area contributed by atoms with Crippen LogP contribution in [0, 0.1) is 11.6 Å². The topological polar surface area (TPSA) is 53.4 Å². The van der Waals surface area contributed by atoms with Gasteiger partial charge in [0.15, 0.2) is 5.13 Å². The lowest BCUT2D eigenvalue weighted by Crippen LogP contribution is -2.35. The molecule has 1 N–H and O–H groups in total. The predicted molar refractivity (Wildman–Crippen MR) is 128 cm³/mol. The third-order valence-corrected chi connectivity index (χ3v) is 7.41. The van der Waals surface area contributed by atoms with Crippen molar-refractivity contribution in [2.45, 2.75) is 44.1 Å². The number of aromatic nitrogens is 1. The number of halogens is 4. The van der Waals surface area contributed by atoms with Crippen LogP contribution in [0.15, 0.2) is 41.8 Å². The molecule has 2 aromatic carbocycles. The number of aliphatic carboxylic acids is 1. The van der Waals surface area contributed by atoms with E-state index < -0.39 is 23.5 Å². The summed E-state index contributed by atoms with van der Waals surface area (Å²) in [6.45, 7) is 0.377. The summed E-state index contributed by atoms with van der Waals surface area (Å²) in [7, 11) is 0. The van der Waals surface area contributed by atoms with Gasteiger partial charge in [-0.1, -0.05) is 48.2 Å². The molecular weight excluding hydrogens is 489 g/mol. The van der Waals surface area contributed by atoms with Crippen LogP contribution in [0.5, 0.6) is 0 Å². The second-order valence-electron chi connectivity index (χ2n) is 8.11. The number of carbonyl (C=O) groups is 1. The van der Waals surface area contributed by atoms with Crippen LogP contribution in [-0.2, 0) is 4.79 Å². The predicted octanol–water partition coefficient (Wildman–Crippen LogP) is 7.13. The Morgan fingerprint density at radius 1 is 1.09 bits per heavy atom. The van der Waals surface area contributed by atoms with Gasteiger partial charge in [-0.2, -0.15) is 0 Å². The average molecular weight is 511 g/mol. The molecule has 4 rings (SSSR count). The van der Waals surface area contributed by atoms with Crippen LogP contribution in [0.25, 0.3) is 0 Å². The minimum Gasteiger partial charge on any atom is -0.481 e. The lowest BCUT2D eigenvalue weighted by Gasteiger charge is -2.28. The fourth-order valence-electron chi connectivity index (χ4n) is 4.33. The second kappa shape index (κ2) is 10.4. The van der Waals surface area contributed by atoms with Crippen molar-refractivity contribution in [3.63, 3.8) is 0 Å². The van der Waals surface area contributed by atoms with Crippen LogP contribution in [0.2, 0.25) is 10.0 Å². The van der Waals surface area contributed by atoms with Gasteiger partial charge < -0.3 is 10.0 Å².